The fourth-order valence-electron chi connectivity index (χ4n) is 2.95. The quantitative estimate of drug-likeness (QED) is 0.358. The predicted molar refractivity (Wildman–Crippen MR) is 128 cm³/mol. The Bertz CT molecular complexity index is 1200. The van der Waals surface area contributed by atoms with Crippen LogP contribution in [0.2, 0.25) is 5.02 Å². The van der Waals surface area contributed by atoms with Crippen molar-refractivity contribution < 1.29 is 24.2 Å². The molecule has 0 unspecified atom stereocenters. The zero-order valence-electron chi connectivity index (χ0n) is 18.4. The van der Waals surface area contributed by atoms with Gasteiger partial charge in [-0.3, -0.25) is 9.59 Å². The molecule has 3 N–H and O–H groups in total. The Labute approximate surface area is 204 Å². The Balaban J connectivity index is 1.58. The number of amides is 2. The van der Waals surface area contributed by atoms with Crippen molar-refractivity contribution >= 4 is 46.8 Å². The van der Waals surface area contributed by atoms with Gasteiger partial charge < -0.3 is 25.0 Å². The van der Waals surface area contributed by atoms with E-state index in [0.29, 0.717) is 28.8 Å². The molecule has 12 heteroatoms. The minimum absolute atomic E-state index is 0.00394. The molecule has 0 aliphatic rings. The second kappa shape index (κ2) is 11.5. The van der Waals surface area contributed by atoms with Crippen LogP contribution in [0.15, 0.2) is 47.6 Å². The first kappa shape index (κ1) is 25.1. The molecule has 3 rings (SSSR count). The highest BCUT2D eigenvalue weighted by atomic mass is 35.5. The van der Waals surface area contributed by atoms with Crippen LogP contribution in [0.25, 0.3) is 0 Å². The number of nitrogens with zero attached hydrogens (tertiary/aromatic N) is 3. The third-order valence-electron chi connectivity index (χ3n) is 4.69. The first-order valence-corrected chi connectivity index (χ1v) is 11.5. The maximum atomic E-state index is 12.4. The molecule has 0 aliphatic carbocycles. The minimum Gasteiger partial charge on any atom is -0.497 e. The third kappa shape index (κ3) is 6.27. The number of hydrogen-bond acceptors (Lipinski definition) is 7. The summed E-state index contributed by atoms with van der Waals surface area (Å²) in [4.78, 5) is 35.9. The van der Waals surface area contributed by atoms with Crippen LogP contribution >= 0.6 is 23.4 Å². The SMILES string of the molecule is CCn1c(CNC(=O)c2ccc(OC)cc2)nnc1SCC(=O)Nc1cc(C(=O)O)ccc1Cl. The van der Waals surface area contributed by atoms with Crippen LogP contribution < -0.4 is 15.4 Å². The van der Waals surface area contributed by atoms with E-state index in [0.717, 1.165) is 11.8 Å². The largest absolute Gasteiger partial charge is 0.497 e. The lowest BCUT2D eigenvalue weighted by Gasteiger charge is -2.10. The number of carboxylic acid groups (broad SMARTS) is 1. The van der Waals surface area contributed by atoms with Gasteiger partial charge in [0.2, 0.25) is 5.91 Å². The van der Waals surface area contributed by atoms with Gasteiger partial charge in [-0.2, -0.15) is 0 Å². The molecule has 0 saturated carbocycles. The molecule has 1 aromatic heterocycles. The number of aromatic carboxylic acids is 1. The molecule has 2 amide bonds. The number of aromatic nitrogens is 3. The zero-order valence-corrected chi connectivity index (χ0v) is 19.9. The van der Waals surface area contributed by atoms with Crippen LogP contribution in [-0.2, 0) is 17.9 Å². The lowest BCUT2D eigenvalue weighted by molar-refractivity contribution is -0.113. The Hall–Kier alpha value is -3.57. The summed E-state index contributed by atoms with van der Waals surface area (Å²) in [6.07, 6.45) is 0. The summed E-state index contributed by atoms with van der Waals surface area (Å²) in [6.45, 7) is 2.60. The van der Waals surface area contributed by atoms with Crippen molar-refractivity contribution in [3.05, 3.63) is 64.4 Å². The normalized spacial score (nSPS) is 10.6. The van der Waals surface area contributed by atoms with Crippen LogP contribution in [0.5, 0.6) is 5.75 Å². The number of hydrogen-bond donors (Lipinski definition) is 3. The van der Waals surface area contributed by atoms with Gasteiger partial charge in [-0.25, -0.2) is 4.79 Å². The molecule has 10 nitrogen and oxygen atoms in total. The third-order valence-corrected chi connectivity index (χ3v) is 5.99. The van der Waals surface area contributed by atoms with Gasteiger partial charge in [0.15, 0.2) is 11.0 Å². The molecule has 0 atom stereocenters. The molecule has 2 aromatic carbocycles. The van der Waals surface area contributed by atoms with Gasteiger partial charge >= 0.3 is 5.97 Å². The van der Waals surface area contributed by atoms with Gasteiger partial charge in [0.05, 0.1) is 35.7 Å². The van der Waals surface area contributed by atoms with E-state index in [1.165, 1.54) is 18.2 Å². The molecule has 178 valence electrons. The summed E-state index contributed by atoms with van der Waals surface area (Å²) in [7, 11) is 1.55. The topological polar surface area (TPSA) is 135 Å². The highest BCUT2D eigenvalue weighted by Crippen LogP contribution is 2.24. The molecule has 0 spiro atoms. The fraction of sp³-hybridized carbons (Fsp3) is 0.227. The number of carbonyl (C=O) groups is 3. The maximum absolute atomic E-state index is 12.4. The highest BCUT2D eigenvalue weighted by molar-refractivity contribution is 7.99. The summed E-state index contributed by atoms with van der Waals surface area (Å²) in [5, 5.41) is 23.5. The lowest BCUT2D eigenvalue weighted by atomic mass is 10.2. The number of rotatable bonds is 10. The van der Waals surface area contributed by atoms with Crippen molar-refractivity contribution in [2.45, 2.75) is 25.2 Å². The van der Waals surface area contributed by atoms with Crippen LogP contribution in [-0.4, -0.2) is 50.5 Å². The number of ether oxygens (including phenoxy) is 1. The van der Waals surface area contributed by atoms with Gasteiger partial charge in [-0.05, 0) is 49.4 Å². The van der Waals surface area contributed by atoms with E-state index >= 15 is 0 Å². The van der Waals surface area contributed by atoms with E-state index < -0.39 is 5.97 Å². The monoisotopic (exact) mass is 503 g/mol. The van der Waals surface area contributed by atoms with E-state index in [9.17, 15) is 14.4 Å². The van der Waals surface area contributed by atoms with Gasteiger partial charge in [0, 0.05) is 12.1 Å². The maximum Gasteiger partial charge on any atom is 0.335 e. The Morgan fingerprint density at radius 3 is 2.47 bits per heavy atom. The van der Waals surface area contributed by atoms with Crippen molar-refractivity contribution in [2.75, 3.05) is 18.2 Å². The van der Waals surface area contributed by atoms with Crippen molar-refractivity contribution in [1.29, 1.82) is 0 Å². The van der Waals surface area contributed by atoms with Crippen LogP contribution in [0.1, 0.15) is 33.5 Å². The van der Waals surface area contributed by atoms with E-state index in [1.807, 2.05) is 6.92 Å². The minimum atomic E-state index is -1.12. The molecule has 3 aromatic rings. The summed E-state index contributed by atoms with van der Waals surface area (Å²) in [5.41, 5.74) is 0.714. The second-order valence-electron chi connectivity index (χ2n) is 6.89. The smallest absolute Gasteiger partial charge is 0.335 e. The van der Waals surface area contributed by atoms with E-state index in [1.54, 1.807) is 35.9 Å². The number of carboxylic acids is 1. The molecular weight excluding hydrogens is 482 g/mol. The zero-order chi connectivity index (χ0) is 24.7. The molecule has 0 fully saturated rings. The molecular formula is C22H22ClN5O5S. The van der Waals surface area contributed by atoms with Crippen molar-refractivity contribution in [3.63, 3.8) is 0 Å². The fourth-order valence-corrected chi connectivity index (χ4v) is 3.93. The van der Waals surface area contributed by atoms with Gasteiger partial charge in [0.25, 0.3) is 5.91 Å². The van der Waals surface area contributed by atoms with Gasteiger partial charge in [0.1, 0.15) is 5.75 Å². The van der Waals surface area contributed by atoms with E-state index in [2.05, 4.69) is 20.8 Å². The highest BCUT2D eigenvalue weighted by Gasteiger charge is 2.16. The Morgan fingerprint density at radius 1 is 1.12 bits per heavy atom. The number of benzene rings is 2. The number of thioether (sulfide) groups is 1. The molecule has 1 heterocycles. The number of nitrogens with one attached hydrogen (secondary N) is 2. The predicted octanol–water partition coefficient (Wildman–Crippen LogP) is 3.32. The lowest BCUT2D eigenvalue weighted by Crippen LogP contribution is -2.24. The number of halogens is 1. The van der Waals surface area contributed by atoms with Crippen molar-refractivity contribution in [2.24, 2.45) is 0 Å². The molecule has 0 bridgehead atoms. The average molecular weight is 504 g/mol. The Kier molecular flexibility index (Phi) is 8.50. The summed E-state index contributed by atoms with van der Waals surface area (Å²) >= 11 is 7.21. The van der Waals surface area contributed by atoms with Gasteiger partial charge in [-0.1, -0.05) is 23.4 Å². The van der Waals surface area contributed by atoms with E-state index in [-0.39, 0.29) is 40.4 Å². The molecule has 0 saturated heterocycles. The Morgan fingerprint density at radius 2 is 1.82 bits per heavy atom. The summed E-state index contributed by atoms with van der Waals surface area (Å²) in [6, 6.07) is 10.8. The number of anilines is 1. The van der Waals surface area contributed by atoms with E-state index in [4.69, 9.17) is 21.4 Å². The second-order valence-corrected chi connectivity index (χ2v) is 8.24. The van der Waals surface area contributed by atoms with Crippen LogP contribution in [0.3, 0.4) is 0 Å². The number of methoxy groups -OCH3 is 1. The van der Waals surface area contributed by atoms with Crippen molar-refractivity contribution in [1.82, 2.24) is 20.1 Å². The first-order valence-electron chi connectivity index (χ1n) is 10.1. The molecule has 0 aliphatic heterocycles. The standard InChI is InChI=1S/C22H22ClN5O5S/c1-3-28-18(11-24-20(30)13-4-7-15(33-2)8-5-13)26-27-22(28)34-12-19(29)25-17-10-14(21(31)32)6-9-16(17)23/h4-10H,3,11-12H2,1-2H3,(H,24,30)(H,25,29)(H,31,32). The van der Waals surface area contributed by atoms with Crippen LogP contribution in [0.4, 0.5) is 5.69 Å². The number of carbonyl (C=O) groups excluding carboxylic acids is 2. The summed E-state index contributed by atoms with van der Waals surface area (Å²) < 4.78 is 6.89. The average Bonchev–Trinajstić information content (AvgIpc) is 3.24. The van der Waals surface area contributed by atoms with Gasteiger partial charge in [-0.15, -0.1) is 10.2 Å². The molecule has 0 radical (unpaired) electrons. The molecule has 34 heavy (non-hydrogen) atoms. The van der Waals surface area contributed by atoms with Crippen molar-refractivity contribution in [3.8, 4) is 5.75 Å². The first-order chi connectivity index (χ1) is 16.3. The van der Waals surface area contributed by atoms with Crippen LogP contribution in [0, 0.1) is 0 Å². The summed E-state index contributed by atoms with van der Waals surface area (Å²) in [5.74, 6) is -0.556.